The number of benzene rings is 6. The maximum Gasteiger partial charge on any atom is 0.197 e. The van der Waals surface area contributed by atoms with Gasteiger partial charge in [-0.1, -0.05) is 65.7 Å². The van der Waals surface area contributed by atoms with Crippen molar-refractivity contribution in [2.45, 2.75) is 13.8 Å². The second-order valence-electron chi connectivity index (χ2n) is 11.3. The van der Waals surface area contributed by atoms with Crippen LogP contribution in [0.25, 0.3) is 71.0 Å². The molecule has 0 N–H and O–H groups in total. The zero-order valence-electron chi connectivity index (χ0n) is 24.1. The van der Waals surface area contributed by atoms with Crippen molar-refractivity contribution in [3.63, 3.8) is 0 Å². The van der Waals surface area contributed by atoms with Gasteiger partial charge < -0.3 is 9.13 Å². The smallest absolute Gasteiger partial charge is 0.197 e. The minimum Gasteiger partial charge on any atom is -0.308 e. The van der Waals surface area contributed by atoms with E-state index >= 15 is 8.78 Å². The summed E-state index contributed by atoms with van der Waals surface area (Å²) in [5, 5.41) is 4.33. The predicted octanol–water partition coefficient (Wildman–Crippen LogP) is 11.0. The molecule has 0 radical (unpaired) electrons. The number of rotatable bonds is 3. The van der Waals surface area contributed by atoms with Crippen molar-refractivity contribution in [2.75, 3.05) is 0 Å². The first-order valence-electron chi connectivity index (χ1n) is 14.4. The molecule has 0 amide bonds. The van der Waals surface area contributed by atoms with Gasteiger partial charge in [0.15, 0.2) is 5.69 Å². The molecule has 0 aliphatic carbocycles. The standard InChI is InChI=1S/C39H25F2N3/c1-23-15-17-35-27(19-23)25-9-4-6-13-33(25)43(35)37-21-29(39-30(40)11-8-12-31(39)41)32(42-3)22-38(37)44-34-14-7-5-10-26(34)28-20-24(2)16-18-36(28)44/h4-22H,1-2H3. The third-order valence-corrected chi connectivity index (χ3v) is 8.58. The molecule has 2 aromatic heterocycles. The number of halogens is 2. The molecule has 6 aromatic carbocycles. The van der Waals surface area contributed by atoms with Gasteiger partial charge in [-0.15, -0.1) is 0 Å². The Bertz CT molecular complexity index is 2490. The van der Waals surface area contributed by atoms with Crippen LogP contribution >= 0.6 is 0 Å². The molecule has 8 aromatic rings. The van der Waals surface area contributed by atoms with Gasteiger partial charge in [-0.05, 0) is 80.1 Å². The third kappa shape index (κ3) is 3.71. The number of aryl methyl sites for hydroxylation is 2. The molecule has 5 heteroatoms. The molecule has 0 bridgehead atoms. The summed E-state index contributed by atoms with van der Waals surface area (Å²) in [5.41, 5.74) is 7.80. The first kappa shape index (κ1) is 25.9. The second-order valence-corrected chi connectivity index (χ2v) is 11.3. The summed E-state index contributed by atoms with van der Waals surface area (Å²) >= 11 is 0. The van der Waals surface area contributed by atoms with Gasteiger partial charge in [0.2, 0.25) is 0 Å². The number of hydrogen-bond acceptors (Lipinski definition) is 0. The zero-order valence-corrected chi connectivity index (χ0v) is 24.1. The van der Waals surface area contributed by atoms with Crippen LogP contribution in [0.1, 0.15) is 11.1 Å². The maximum atomic E-state index is 15.4. The van der Waals surface area contributed by atoms with Crippen LogP contribution in [0.5, 0.6) is 0 Å². The Balaban J connectivity index is 1.60. The fraction of sp³-hybridized carbons (Fsp3) is 0.0513. The second kappa shape index (κ2) is 9.65. The molecular weight excluding hydrogens is 548 g/mol. The predicted molar refractivity (Wildman–Crippen MR) is 176 cm³/mol. The van der Waals surface area contributed by atoms with Gasteiger partial charge in [-0.25, -0.2) is 13.6 Å². The molecule has 0 aliphatic heterocycles. The molecule has 0 fully saturated rings. The zero-order chi connectivity index (χ0) is 30.1. The lowest BCUT2D eigenvalue weighted by Gasteiger charge is -2.20. The van der Waals surface area contributed by atoms with Gasteiger partial charge in [0, 0.05) is 27.1 Å². The Kier molecular flexibility index (Phi) is 5.69. The minimum absolute atomic E-state index is 0.169. The molecule has 0 saturated carbocycles. The van der Waals surface area contributed by atoms with Crippen LogP contribution in [-0.4, -0.2) is 9.13 Å². The number of fused-ring (bicyclic) bond motifs is 6. The van der Waals surface area contributed by atoms with E-state index in [2.05, 4.69) is 88.5 Å². The summed E-state index contributed by atoms with van der Waals surface area (Å²) in [4.78, 5) is 3.83. The Morgan fingerprint density at radius 3 is 1.52 bits per heavy atom. The highest BCUT2D eigenvalue weighted by Gasteiger charge is 2.24. The van der Waals surface area contributed by atoms with Gasteiger partial charge in [0.1, 0.15) is 11.6 Å². The molecule has 44 heavy (non-hydrogen) atoms. The van der Waals surface area contributed by atoms with E-state index in [9.17, 15) is 0 Å². The van der Waals surface area contributed by atoms with Crippen LogP contribution in [-0.2, 0) is 0 Å². The van der Waals surface area contributed by atoms with Crippen LogP contribution in [0.3, 0.4) is 0 Å². The fourth-order valence-corrected chi connectivity index (χ4v) is 6.66. The van der Waals surface area contributed by atoms with Crippen molar-refractivity contribution in [1.29, 1.82) is 0 Å². The first-order valence-corrected chi connectivity index (χ1v) is 14.4. The highest BCUT2D eigenvalue weighted by atomic mass is 19.1. The summed E-state index contributed by atoms with van der Waals surface area (Å²) in [6.45, 7) is 12.3. The molecular formula is C39H25F2N3. The van der Waals surface area contributed by atoms with Gasteiger partial charge in [0.25, 0.3) is 0 Å². The monoisotopic (exact) mass is 573 g/mol. The van der Waals surface area contributed by atoms with E-state index in [1.807, 2.05) is 24.3 Å². The number of nitrogens with zero attached hydrogens (tertiary/aromatic N) is 3. The van der Waals surface area contributed by atoms with E-state index in [0.717, 1.165) is 60.4 Å². The van der Waals surface area contributed by atoms with E-state index in [1.54, 1.807) is 12.1 Å². The summed E-state index contributed by atoms with van der Waals surface area (Å²) in [7, 11) is 0. The fourth-order valence-electron chi connectivity index (χ4n) is 6.66. The van der Waals surface area contributed by atoms with E-state index in [-0.39, 0.29) is 16.8 Å². The van der Waals surface area contributed by atoms with Crippen LogP contribution in [0, 0.1) is 32.1 Å². The summed E-state index contributed by atoms with van der Waals surface area (Å²) in [5.74, 6) is -1.42. The SMILES string of the molecule is [C-]#[N+]c1cc(-n2c3ccccc3c3cc(C)ccc32)c(-n2c3ccccc3c3cc(C)ccc32)cc1-c1c(F)cccc1F. The molecule has 8 rings (SSSR count). The molecule has 3 nitrogen and oxygen atoms in total. The van der Waals surface area contributed by atoms with Crippen LogP contribution in [0.4, 0.5) is 14.5 Å². The molecule has 0 spiro atoms. The van der Waals surface area contributed by atoms with E-state index < -0.39 is 11.6 Å². The van der Waals surface area contributed by atoms with Crippen LogP contribution in [0.15, 0.2) is 115 Å². The Labute approximate surface area is 252 Å². The van der Waals surface area contributed by atoms with Crippen molar-refractivity contribution in [3.8, 4) is 22.5 Å². The Morgan fingerprint density at radius 2 is 1.00 bits per heavy atom. The van der Waals surface area contributed by atoms with E-state index in [0.29, 0.717) is 5.69 Å². The van der Waals surface area contributed by atoms with Crippen molar-refractivity contribution < 1.29 is 8.78 Å². The maximum absolute atomic E-state index is 15.4. The van der Waals surface area contributed by atoms with Crippen molar-refractivity contribution in [1.82, 2.24) is 9.13 Å². The lowest BCUT2D eigenvalue weighted by Crippen LogP contribution is -2.05. The Morgan fingerprint density at radius 1 is 0.523 bits per heavy atom. The highest BCUT2D eigenvalue weighted by molar-refractivity contribution is 6.12. The molecule has 0 aliphatic rings. The minimum atomic E-state index is -0.709. The summed E-state index contributed by atoms with van der Waals surface area (Å²) < 4.78 is 35.0. The van der Waals surface area contributed by atoms with Crippen molar-refractivity contribution in [2.24, 2.45) is 0 Å². The average molecular weight is 574 g/mol. The van der Waals surface area contributed by atoms with Crippen LogP contribution < -0.4 is 0 Å². The molecule has 0 atom stereocenters. The third-order valence-electron chi connectivity index (χ3n) is 8.58. The number of aromatic nitrogens is 2. The Hall–Kier alpha value is -5.73. The first-order chi connectivity index (χ1) is 21.4. The highest BCUT2D eigenvalue weighted by Crippen LogP contribution is 2.44. The summed E-state index contributed by atoms with van der Waals surface area (Å²) in [6, 6.07) is 36.5. The number of hydrogen-bond donors (Lipinski definition) is 0. The van der Waals surface area contributed by atoms with E-state index in [1.165, 1.54) is 18.2 Å². The van der Waals surface area contributed by atoms with Crippen molar-refractivity contribution >= 4 is 49.3 Å². The lowest BCUT2D eigenvalue weighted by atomic mass is 10.00. The van der Waals surface area contributed by atoms with Gasteiger partial charge in [0.05, 0.1) is 40.0 Å². The summed E-state index contributed by atoms with van der Waals surface area (Å²) in [6.07, 6.45) is 0. The largest absolute Gasteiger partial charge is 0.308 e. The van der Waals surface area contributed by atoms with Gasteiger partial charge in [-0.2, -0.15) is 0 Å². The van der Waals surface area contributed by atoms with Crippen LogP contribution in [0.2, 0.25) is 0 Å². The van der Waals surface area contributed by atoms with Gasteiger partial charge >= 0.3 is 0 Å². The molecule has 210 valence electrons. The molecule has 0 saturated heterocycles. The quantitative estimate of drug-likeness (QED) is 0.187. The van der Waals surface area contributed by atoms with Crippen molar-refractivity contribution in [3.05, 3.63) is 149 Å². The lowest BCUT2D eigenvalue weighted by molar-refractivity contribution is 0.590. The van der Waals surface area contributed by atoms with Gasteiger partial charge in [-0.3, -0.25) is 0 Å². The molecule has 2 heterocycles. The average Bonchev–Trinajstić information content (AvgIpc) is 3.53. The molecule has 0 unspecified atom stereocenters. The van der Waals surface area contributed by atoms with E-state index in [4.69, 9.17) is 6.57 Å². The normalized spacial score (nSPS) is 11.6. The topological polar surface area (TPSA) is 14.2 Å². The number of para-hydroxylation sites is 2.